The molecule has 1 aromatic heterocycles. The number of nitrogens with one attached hydrogen (secondary N) is 2. The Morgan fingerprint density at radius 2 is 1.96 bits per heavy atom. The molecule has 2 heterocycles. The predicted molar refractivity (Wildman–Crippen MR) is 108 cm³/mol. The number of aromatic nitrogens is 2. The molecule has 2 aromatic rings. The van der Waals surface area contributed by atoms with Crippen LogP contribution in [0.15, 0.2) is 16.9 Å². The highest BCUT2D eigenvalue weighted by molar-refractivity contribution is 5.97. The molecule has 8 heteroatoms. The molecule has 1 saturated heterocycles. The van der Waals surface area contributed by atoms with E-state index in [0.717, 1.165) is 49.2 Å². The first-order valence-electron chi connectivity index (χ1n) is 9.38. The molecule has 1 aromatic carbocycles. The molecule has 0 unspecified atom stereocenters. The lowest BCUT2D eigenvalue weighted by Gasteiger charge is -2.22. The molecule has 2 amide bonds. The van der Waals surface area contributed by atoms with Gasteiger partial charge in [-0.3, -0.25) is 9.13 Å². The molecule has 1 aliphatic rings. The second-order valence-corrected chi connectivity index (χ2v) is 7.41. The monoisotopic (exact) mass is 375 g/mol. The van der Waals surface area contributed by atoms with Crippen molar-refractivity contribution in [2.75, 3.05) is 44.1 Å². The highest BCUT2D eigenvalue weighted by atomic mass is 16.5. The van der Waals surface area contributed by atoms with Crippen molar-refractivity contribution >= 4 is 28.4 Å². The van der Waals surface area contributed by atoms with Gasteiger partial charge in [0.05, 0.1) is 22.4 Å². The average molecular weight is 375 g/mol. The van der Waals surface area contributed by atoms with Gasteiger partial charge in [0.1, 0.15) is 0 Å². The Morgan fingerprint density at radius 1 is 1.26 bits per heavy atom. The minimum atomic E-state index is -0.241. The summed E-state index contributed by atoms with van der Waals surface area (Å²) < 4.78 is 8.67. The number of urea groups is 1. The number of nitrogens with zero attached hydrogens (tertiary/aromatic N) is 3. The van der Waals surface area contributed by atoms with E-state index in [1.807, 2.05) is 31.1 Å². The van der Waals surface area contributed by atoms with Crippen molar-refractivity contribution in [2.45, 2.75) is 19.3 Å². The van der Waals surface area contributed by atoms with E-state index in [4.69, 9.17) is 4.74 Å². The number of ether oxygens (including phenoxy) is 1. The van der Waals surface area contributed by atoms with Gasteiger partial charge in [-0.15, -0.1) is 0 Å². The number of hydrogen-bond donors (Lipinski definition) is 2. The van der Waals surface area contributed by atoms with E-state index in [0.29, 0.717) is 18.2 Å². The number of imidazole rings is 1. The molecule has 27 heavy (non-hydrogen) atoms. The van der Waals surface area contributed by atoms with E-state index in [2.05, 4.69) is 10.6 Å². The normalized spacial score (nSPS) is 17.1. The summed E-state index contributed by atoms with van der Waals surface area (Å²) in [5.74, 6) is 0.520. The summed E-state index contributed by atoms with van der Waals surface area (Å²) in [5.41, 5.74) is 3.04. The van der Waals surface area contributed by atoms with Gasteiger partial charge in [-0.25, -0.2) is 9.59 Å². The maximum absolute atomic E-state index is 12.4. The molecular weight excluding hydrogens is 346 g/mol. The van der Waals surface area contributed by atoms with Gasteiger partial charge in [-0.2, -0.15) is 0 Å². The molecular formula is C19H29N5O3. The number of amides is 2. The largest absolute Gasteiger partial charge is 0.381 e. The van der Waals surface area contributed by atoms with Crippen LogP contribution in [-0.2, 0) is 18.8 Å². The molecule has 0 aliphatic carbocycles. The van der Waals surface area contributed by atoms with Crippen molar-refractivity contribution in [3.8, 4) is 0 Å². The van der Waals surface area contributed by atoms with Crippen LogP contribution in [0.25, 0.3) is 11.0 Å². The summed E-state index contributed by atoms with van der Waals surface area (Å²) >= 11 is 0. The summed E-state index contributed by atoms with van der Waals surface area (Å²) in [6, 6.07) is 3.53. The number of fused-ring (bicyclic) bond motifs is 1. The van der Waals surface area contributed by atoms with Gasteiger partial charge < -0.3 is 20.3 Å². The zero-order valence-electron chi connectivity index (χ0n) is 16.5. The Bertz CT molecular complexity index is 878. The molecule has 0 spiro atoms. The summed E-state index contributed by atoms with van der Waals surface area (Å²) in [6.45, 7) is 2.25. The maximum Gasteiger partial charge on any atom is 0.328 e. The van der Waals surface area contributed by atoms with Crippen LogP contribution in [0.5, 0.6) is 0 Å². The van der Waals surface area contributed by atoms with Crippen molar-refractivity contribution in [3.05, 3.63) is 22.6 Å². The smallest absolute Gasteiger partial charge is 0.328 e. The molecule has 0 saturated carbocycles. The number of aryl methyl sites for hydroxylation is 2. The number of hydrogen-bond acceptors (Lipinski definition) is 4. The fourth-order valence-corrected chi connectivity index (χ4v) is 3.60. The third-order valence-corrected chi connectivity index (χ3v) is 5.21. The molecule has 1 fully saturated rings. The number of carbonyl (C=O) groups excluding carboxylic acids is 1. The number of benzene rings is 1. The molecule has 1 aliphatic heterocycles. The van der Waals surface area contributed by atoms with Crippen molar-refractivity contribution < 1.29 is 9.53 Å². The predicted octanol–water partition coefficient (Wildman–Crippen LogP) is 1.88. The zero-order valence-corrected chi connectivity index (χ0v) is 16.5. The van der Waals surface area contributed by atoms with Crippen LogP contribution < -0.4 is 21.2 Å². The molecule has 3 rings (SSSR count). The van der Waals surface area contributed by atoms with Crippen LogP contribution in [0.4, 0.5) is 16.2 Å². The average Bonchev–Trinajstić information content (AvgIpc) is 2.86. The van der Waals surface area contributed by atoms with E-state index in [1.54, 1.807) is 23.2 Å². The van der Waals surface area contributed by atoms with Crippen molar-refractivity contribution in [3.63, 3.8) is 0 Å². The Balaban J connectivity index is 1.72. The van der Waals surface area contributed by atoms with Crippen LogP contribution >= 0.6 is 0 Å². The highest BCUT2D eigenvalue weighted by Crippen LogP contribution is 2.29. The molecule has 8 nitrogen and oxygen atoms in total. The lowest BCUT2D eigenvalue weighted by atomic mass is 9.99. The van der Waals surface area contributed by atoms with E-state index in [9.17, 15) is 9.59 Å². The standard InChI is InChI=1S/C19H29N5O3/c1-22(2)15-11-17-16(23(3)19(26)24(17)4)10-14(15)21-18(25)20-8-7-13-6-5-9-27-12-13/h10-11,13H,5-9,12H2,1-4H3,(H2,20,21,25)/t13-/m0/s1. The SMILES string of the molecule is CN(C)c1cc2c(cc1NC(=O)NCC[C@@H]1CCCOC1)n(C)c(=O)n2C. The van der Waals surface area contributed by atoms with Crippen molar-refractivity contribution in [2.24, 2.45) is 20.0 Å². The van der Waals surface area contributed by atoms with E-state index < -0.39 is 0 Å². The fourth-order valence-electron chi connectivity index (χ4n) is 3.60. The van der Waals surface area contributed by atoms with Crippen LogP contribution in [-0.4, -0.2) is 49.0 Å². The summed E-state index contributed by atoms with van der Waals surface area (Å²) in [5, 5.41) is 5.86. The van der Waals surface area contributed by atoms with Gasteiger partial charge in [-0.1, -0.05) is 0 Å². The summed E-state index contributed by atoms with van der Waals surface area (Å²) in [7, 11) is 7.30. The quantitative estimate of drug-likeness (QED) is 0.836. The van der Waals surface area contributed by atoms with Gasteiger partial charge in [0.25, 0.3) is 0 Å². The van der Waals surface area contributed by atoms with E-state index in [-0.39, 0.29) is 11.7 Å². The van der Waals surface area contributed by atoms with Gasteiger partial charge >= 0.3 is 11.7 Å². The minimum absolute atomic E-state index is 0.0917. The summed E-state index contributed by atoms with van der Waals surface area (Å²) in [4.78, 5) is 26.5. The van der Waals surface area contributed by atoms with Crippen molar-refractivity contribution in [1.29, 1.82) is 0 Å². The van der Waals surface area contributed by atoms with Crippen LogP contribution in [0, 0.1) is 5.92 Å². The van der Waals surface area contributed by atoms with E-state index in [1.165, 1.54) is 0 Å². The Morgan fingerprint density at radius 3 is 2.59 bits per heavy atom. The lowest BCUT2D eigenvalue weighted by molar-refractivity contribution is 0.0520. The van der Waals surface area contributed by atoms with E-state index >= 15 is 0 Å². The molecule has 2 N–H and O–H groups in total. The zero-order chi connectivity index (χ0) is 19.6. The first kappa shape index (κ1) is 19.3. The minimum Gasteiger partial charge on any atom is -0.381 e. The third kappa shape index (κ3) is 4.10. The second-order valence-electron chi connectivity index (χ2n) is 7.41. The Kier molecular flexibility index (Phi) is 5.74. The van der Waals surface area contributed by atoms with Crippen LogP contribution in [0.2, 0.25) is 0 Å². The third-order valence-electron chi connectivity index (χ3n) is 5.21. The fraction of sp³-hybridized carbons (Fsp3) is 0.579. The van der Waals surface area contributed by atoms with Gasteiger partial charge in [0.2, 0.25) is 0 Å². The number of carbonyl (C=O) groups is 1. The Hall–Kier alpha value is -2.48. The highest BCUT2D eigenvalue weighted by Gasteiger charge is 2.16. The van der Waals surface area contributed by atoms with Gasteiger partial charge in [0, 0.05) is 47.9 Å². The molecule has 148 valence electrons. The number of anilines is 2. The van der Waals surface area contributed by atoms with Gasteiger partial charge in [-0.05, 0) is 37.3 Å². The van der Waals surface area contributed by atoms with Crippen molar-refractivity contribution in [1.82, 2.24) is 14.5 Å². The first-order chi connectivity index (χ1) is 12.9. The van der Waals surface area contributed by atoms with Crippen LogP contribution in [0.3, 0.4) is 0 Å². The number of rotatable bonds is 5. The van der Waals surface area contributed by atoms with Gasteiger partial charge in [0.15, 0.2) is 0 Å². The molecule has 0 bridgehead atoms. The second kappa shape index (κ2) is 8.04. The molecule has 0 radical (unpaired) electrons. The summed E-state index contributed by atoms with van der Waals surface area (Å²) in [6.07, 6.45) is 3.17. The maximum atomic E-state index is 12.4. The lowest BCUT2D eigenvalue weighted by Crippen LogP contribution is -2.32. The topological polar surface area (TPSA) is 80.5 Å². The Labute approximate surface area is 159 Å². The molecule has 1 atom stereocenters. The van der Waals surface area contributed by atoms with Crippen LogP contribution in [0.1, 0.15) is 19.3 Å². The first-order valence-corrected chi connectivity index (χ1v) is 9.38.